The zero-order valence-electron chi connectivity index (χ0n) is 12.8. The fourth-order valence-corrected chi connectivity index (χ4v) is 3.15. The van der Waals surface area contributed by atoms with Gasteiger partial charge in [0.05, 0.1) is 11.1 Å². The number of fused-ring (bicyclic) bond motifs is 1. The summed E-state index contributed by atoms with van der Waals surface area (Å²) >= 11 is 9.45. The molecule has 0 aliphatic heterocycles. The molecule has 0 heterocycles. The van der Waals surface area contributed by atoms with E-state index in [4.69, 9.17) is 11.6 Å². The number of phenols is 2. The van der Waals surface area contributed by atoms with E-state index < -0.39 is 23.1 Å². The molecule has 0 aromatic heterocycles. The molecule has 2 aromatic carbocycles. The van der Waals surface area contributed by atoms with Gasteiger partial charge in [0.2, 0.25) is 0 Å². The van der Waals surface area contributed by atoms with Crippen molar-refractivity contribution in [3.05, 3.63) is 62.6 Å². The van der Waals surface area contributed by atoms with E-state index in [9.17, 15) is 19.8 Å². The number of carbonyl (C=O) groups excluding carboxylic acids is 2. The van der Waals surface area contributed by atoms with E-state index in [1.54, 1.807) is 0 Å². The van der Waals surface area contributed by atoms with Crippen molar-refractivity contribution in [3.8, 4) is 11.5 Å². The number of halogens is 2. The van der Waals surface area contributed by atoms with Gasteiger partial charge >= 0.3 is 0 Å². The van der Waals surface area contributed by atoms with Crippen LogP contribution in [0.1, 0.15) is 26.3 Å². The van der Waals surface area contributed by atoms with Crippen LogP contribution in [0.15, 0.2) is 40.9 Å². The van der Waals surface area contributed by atoms with Crippen molar-refractivity contribution in [1.82, 2.24) is 0 Å². The van der Waals surface area contributed by atoms with Gasteiger partial charge in [-0.2, -0.15) is 0 Å². The lowest BCUT2D eigenvalue weighted by atomic mass is 9.92. The van der Waals surface area contributed by atoms with E-state index in [1.807, 2.05) is 24.3 Å². The van der Waals surface area contributed by atoms with Crippen LogP contribution in [0.25, 0.3) is 0 Å². The monoisotopic (exact) mass is 421 g/mol. The van der Waals surface area contributed by atoms with Gasteiger partial charge in [-0.1, -0.05) is 39.7 Å². The molecule has 0 saturated heterocycles. The van der Waals surface area contributed by atoms with Crippen molar-refractivity contribution < 1.29 is 19.8 Å². The summed E-state index contributed by atoms with van der Waals surface area (Å²) in [6.45, 7) is 0.408. The Labute approximate surface area is 157 Å². The molecule has 1 aliphatic rings. The molecule has 3 rings (SSSR count). The second kappa shape index (κ2) is 6.90. The molecule has 0 fully saturated rings. The number of rotatable bonds is 4. The second-order valence-electron chi connectivity index (χ2n) is 5.50. The number of hydrogen-bond acceptors (Lipinski definition) is 5. The van der Waals surface area contributed by atoms with E-state index in [0.717, 1.165) is 22.2 Å². The molecule has 0 amide bonds. The van der Waals surface area contributed by atoms with Crippen LogP contribution >= 0.6 is 27.5 Å². The number of nitrogens with one attached hydrogen (secondary N) is 1. The molecule has 2 aromatic rings. The molecule has 7 heteroatoms. The lowest BCUT2D eigenvalue weighted by Crippen LogP contribution is -2.14. The molecule has 3 N–H and O–H groups in total. The summed E-state index contributed by atoms with van der Waals surface area (Å²) in [7, 11) is 0. The summed E-state index contributed by atoms with van der Waals surface area (Å²) in [4.78, 5) is 23.9. The minimum Gasteiger partial charge on any atom is -0.505 e. The van der Waals surface area contributed by atoms with Gasteiger partial charge in [0.1, 0.15) is 16.5 Å². The zero-order chi connectivity index (χ0) is 18.1. The fourth-order valence-electron chi connectivity index (χ4n) is 2.64. The topological polar surface area (TPSA) is 86.6 Å². The molecule has 25 heavy (non-hydrogen) atoms. The van der Waals surface area contributed by atoms with Gasteiger partial charge in [0.25, 0.3) is 0 Å². The summed E-state index contributed by atoms with van der Waals surface area (Å²) in [6, 6.07) is 7.73. The summed E-state index contributed by atoms with van der Waals surface area (Å²) < 4.78 is 0.973. The minimum atomic E-state index is -0.578. The van der Waals surface area contributed by atoms with Gasteiger partial charge < -0.3 is 15.5 Å². The highest BCUT2D eigenvalue weighted by Gasteiger charge is 2.31. The maximum Gasteiger partial charge on any atom is 0.190 e. The van der Waals surface area contributed by atoms with Crippen LogP contribution in [0, 0.1) is 0 Å². The molecule has 1 aliphatic carbocycles. The Bertz CT molecular complexity index is 907. The average Bonchev–Trinajstić information content (AvgIpc) is 2.59. The first-order valence-corrected chi connectivity index (χ1v) is 8.59. The summed E-state index contributed by atoms with van der Waals surface area (Å²) in [5.41, 5.74) is 0.586. The van der Waals surface area contributed by atoms with Crippen molar-refractivity contribution >= 4 is 44.8 Å². The van der Waals surface area contributed by atoms with Gasteiger partial charge in [-0.25, -0.2) is 0 Å². The Morgan fingerprint density at radius 2 is 1.52 bits per heavy atom. The molecule has 128 valence electrons. The fraction of sp³-hybridized carbons (Fsp3) is 0.111. The number of allylic oxidation sites excluding steroid dienone is 2. The number of carbonyl (C=O) groups is 2. The van der Waals surface area contributed by atoms with Crippen molar-refractivity contribution in [2.24, 2.45) is 0 Å². The van der Waals surface area contributed by atoms with Gasteiger partial charge in [-0.3, -0.25) is 9.59 Å². The predicted molar refractivity (Wildman–Crippen MR) is 98.9 cm³/mol. The molecular weight excluding hydrogens is 410 g/mol. The number of phenolic OH excluding ortho intramolecular Hbond substituents is 2. The van der Waals surface area contributed by atoms with Crippen LogP contribution in [0.2, 0.25) is 5.02 Å². The SMILES string of the molecule is O=C1C=CC(=O)c2c(O)c(NCCc3ccc(Br)cc3)c(Cl)c(O)c21. The van der Waals surface area contributed by atoms with Gasteiger partial charge in [0.15, 0.2) is 17.3 Å². The zero-order valence-corrected chi connectivity index (χ0v) is 15.2. The number of anilines is 1. The Kier molecular flexibility index (Phi) is 4.83. The largest absolute Gasteiger partial charge is 0.505 e. The number of ketones is 2. The number of benzene rings is 2. The quantitative estimate of drug-likeness (QED) is 0.510. The highest BCUT2D eigenvalue weighted by atomic mass is 79.9. The smallest absolute Gasteiger partial charge is 0.190 e. The predicted octanol–water partition coefficient (Wildman–Crippen LogP) is 4.10. The van der Waals surface area contributed by atoms with Gasteiger partial charge in [-0.15, -0.1) is 0 Å². The Hall–Kier alpha value is -2.31. The first-order chi connectivity index (χ1) is 11.9. The number of aromatic hydroxyl groups is 2. The van der Waals surface area contributed by atoms with Crippen molar-refractivity contribution in [2.75, 3.05) is 11.9 Å². The first kappa shape index (κ1) is 17.5. The van der Waals surface area contributed by atoms with E-state index in [1.165, 1.54) is 0 Å². The van der Waals surface area contributed by atoms with Crippen molar-refractivity contribution in [1.29, 1.82) is 0 Å². The molecule has 5 nitrogen and oxygen atoms in total. The molecule has 0 radical (unpaired) electrons. The van der Waals surface area contributed by atoms with E-state index >= 15 is 0 Å². The van der Waals surface area contributed by atoms with Crippen LogP contribution in [0.3, 0.4) is 0 Å². The molecule has 0 unspecified atom stereocenters. The van der Waals surface area contributed by atoms with Gasteiger partial charge in [0, 0.05) is 11.0 Å². The standard InChI is InChI=1S/C18H13BrClNO4/c19-10-3-1-9(2-4-10)7-8-21-16-15(20)17(24)13-11(22)5-6-12(23)14(13)18(16)25/h1-6,21,24-25H,7-8H2. The Balaban J connectivity index is 1.89. The molecule has 0 spiro atoms. The van der Waals surface area contributed by atoms with Gasteiger partial charge in [-0.05, 0) is 36.3 Å². The lowest BCUT2D eigenvalue weighted by Gasteiger charge is -2.19. The molecule has 0 bridgehead atoms. The van der Waals surface area contributed by atoms with Crippen LogP contribution in [-0.2, 0) is 6.42 Å². The van der Waals surface area contributed by atoms with Crippen LogP contribution in [-0.4, -0.2) is 28.3 Å². The van der Waals surface area contributed by atoms with E-state index in [-0.39, 0.29) is 21.8 Å². The van der Waals surface area contributed by atoms with Crippen molar-refractivity contribution in [2.45, 2.75) is 6.42 Å². The lowest BCUT2D eigenvalue weighted by molar-refractivity contribution is 0.0989. The molecule has 0 saturated carbocycles. The van der Waals surface area contributed by atoms with Crippen LogP contribution < -0.4 is 5.32 Å². The first-order valence-electron chi connectivity index (χ1n) is 7.42. The van der Waals surface area contributed by atoms with Crippen molar-refractivity contribution in [3.63, 3.8) is 0 Å². The normalized spacial score (nSPS) is 13.0. The summed E-state index contributed by atoms with van der Waals surface area (Å²) in [5, 5.41) is 23.3. The third kappa shape index (κ3) is 3.27. The summed E-state index contributed by atoms with van der Waals surface area (Å²) in [6.07, 6.45) is 2.73. The maximum atomic E-state index is 12.0. The third-order valence-electron chi connectivity index (χ3n) is 3.90. The van der Waals surface area contributed by atoms with Crippen LogP contribution in [0.4, 0.5) is 5.69 Å². The molecule has 0 atom stereocenters. The summed E-state index contributed by atoms with van der Waals surface area (Å²) in [5.74, 6) is -2.08. The highest BCUT2D eigenvalue weighted by Crippen LogP contribution is 2.46. The average molecular weight is 423 g/mol. The third-order valence-corrected chi connectivity index (χ3v) is 4.79. The maximum absolute atomic E-state index is 12.0. The van der Waals surface area contributed by atoms with E-state index in [2.05, 4.69) is 21.2 Å². The van der Waals surface area contributed by atoms with Crippen LogP contribution in [0.5, 0.6) is 11.5 Å². The highest BCUT2D eigenvalue weighted by molar-refractivity contribution is 9.10. The second-order valence-corrected chi connectivity index (χ2v) is 6.79. The molecular formula is C18H13BrClNO4. The number of hydrogen-bond donors (Lipinski definition) is 3. The van der Waals surface area contributed by atoms with E-state index in [0.29, 0.717) is 13.0 Å². The minimum absolute atomic E-state index is 0.0338. The Morgan fingerprint density at radius 3 is 2.12 bits per heavy atom. The Morgan fingerprint density at radius 1 is 0.960 bits per heavy atom.